The van der Waals surface area contributed by atoms with Gasteiger partial charge in [-0.05, 0) is 51.8 Å². The van der Waals surface area contributed by atoms with Gasteiger partial charge in [0, 0.05) is 30.9 Å². The summed E-state index contributed by atoms with van der Waals surface area (Å²) in [7, 11) is 0. The fraction of sp³-hybridized carbons (Fsp3) is 0.400. The van der Waals surface area contributed by atoms with Gasteiger partial charge in [-0.2, -0.15) is 5.10 Å². The van der Waals surface area contributed by atoms with Crippen LogP contribution in [0.5, 0.6) is 0 Å². The zero-order chi connectivity index (χ0) is 19.7. The van der Waals surface area contributed by atoms with Gasteiger partial charge in [-0.15, -0.1) is 5.10 Å². The first kappa shape index (κ1) is 18.2. The maximum atomic E-state index is 12.6. The molecule has 0 atom stereocenters. The average Bonchev–Trinajstić information content (AvgIpc) is 3.06. The van der Waals surface area contributed by atoms with E-state index in [2.05, 4.69) is 25.3 Å². The Morgan fingerprint density at radius 1 is 1.18 bits per heavy atom. The molecule has 0 saturated carbocycles. The highest BCUT2D eigenvalue weighted by atomic mass is 16.5. The van der Waals surface area contributed by atoms with Crippen LogP contribution >= 0.6 is 0 Å². The second-order valence-electron chi connectivity index (χ2n) is 7.10. The molecule has 0 spiro atoms. The van der Waals surface area contributed by atoms with E-state index in [9.17, 15) is 4.79 Å². The summed E-state index contributed by atoms with van der Waals surface area (Å²) >= 11 is 0. The molecule has 0 N–H and O–H groups in total. The van der Waals surface area contributed by atoms with E-state index in [4.69, 9.17) is 4.52 Å². The van der Waals surface area contributed by atoms with Crippen molar-refractivity contribution in [3.8, 4) is 11.3 Å². The molecule has 0 unspecified atom stereocenters. The number of carbonyl (C=O) groups is 1. The predicted molar refractivity (Wildman–Crippen MR) is 102 cm³/mol. The zero-order valence-electron chi connectivity index (χ0n) is 16.2. The number of likely N-dealkylation sites (tertiary alicyclic amines) is 1. The van der Waals surface area contributed by atoms with Crippen LogP contribution in [-0.2, 0) is 0 Å². The van der Waals surface area contributed by atoms with Gasteiger partial charge in [-0.25, -0.2) is 9.97 Å². The van der Waals surface area contributed by atoms with Gasteiger partial charge in [-0.3, -0.25) is 4.79 Å². The molecular weight excluding hydrogens is 356 g/mol. The van der Waals surface area contributed by atoms with Crippen molar-refractivity contribution in [1.82, 2.24) is 30.2 Å². The molecule has 8 heteroatoms. The molecule has 0 aliphatic carbocycles. The first-order valence-electron chi connectivity index (χ1n) is 9.38. The summed E-state index contributed by atoms with van der Waals surface area (Å²) in [5.74, 6) is 1.70. The van der Waals surface area contributed by atoms with Crippen LogP contribution in [0.25, 0.3) is 11.3 Å². The number of piperidine rings is 1. The van der Waals surface area contributed by atoms with Crippen LogP contribution in [0.4, 0.5) is 0 Å². The van der Waals surface area contributed by atoms with Gasteiger partial charge in [0.2, 0.25) is 0 Å². The van der Waals surface area contributed by atoms with E-state index in [-0.39, 0.29) is 11.8 Å². The Kier molecular flexibility index (Phi) is 4.85. The normalized spacial score (nSPS) is 15.0. The number of hydrogen-bond acceptors (Lipinski definition) is 7. The fourth-order valence-corrected chi connectivity index (χ4v) is 3.73. The number of amides is 1. The van der Waals surface area contributed by atoms with Crippen LogP contribution in [0.3, 0.4) is 0 Å². The molecule has 8 nitrogen and oxygen atoms in total. The van der Waals surface area contributed by atoms with Crippen LogP contribution in [0.15, 0.2) is 28.9 Å². The average molecular weight is 378 g/mol. The highest BCUT2D eigenvalue weighted by Crippen LogP contribution is 2.31. The molecular formula is C20H22N6O2. The quantitative estimate of drug-likeness (QED) is 0.691. The molecule has 1 amide bonds. The van der Waals surface area contributed by atoms with Crippen LogP contribution in [0.1, 0.15) is 52.2 Å². The number of hydrogen-bond donors (Lipinski definition) is 0. The largest absolute Gasteiger partial charge is 0.361 e. The SMILES string of the molecule is Cc1nc(-c2c(C)noc2C)cc(C2CCN(C(=O)c3cccnn3)CC2)n1. The van der Waals surface area contributed by atoms with E-state index in [1.165, 1.54) is 0 Å². The molecule has 1 fully saturated rings. The summed E-state index contributed by atoms with van der Waals surface area (Å²) in [5, 5.41) is 11.7. The van der Waals surface area contributed by atoms with Crippen molar-refractivity contribution in [2.45, 2.75) is 39.5 Å². The summed E-state index contributed by atoms with van der Waals surface area (Å²) in [6.45, 7) is 7.05. The van der Waals surface area contributed by atoms with Crippen molar-refractivity contribution in [2.75, 3.05) is 13.1 Å². The lowest BCUT2D eigenvalue weighted by atomic mass is 9.92. The van der Waals surface area contributed by atoms with Gasteiger partial charge in [-0.1, -0.05) is 5.16 Å². The molecule has 4 heterocycles. The van der Waals surface area contributed by atoms with Crippen molar-refractivity contribution in [3.63, 3.8) is 0 Å². The molecule has 4 rings (SSSR count). The lowest BCUT2D eigenvalue weighted by molar-refractivity contribution is 0.0705. The lowest BCUT2D eigenvalue weighted by Gasteiger charge is -2.31. The van der Waals surface area contributed by atoms with Crippen LogP contribution < -0.4 is 0 Å². The molecule has 0 aromatic carbocycles. The minimum Gasteiger partial charge on any atom is -0.361 e. The van der Waals surface area contributed by atoms with Gasteiger partial charge in [0.1, 0.15) is 11.6 Å². The third kappa shape index (κ3) is 3.49. The first-order chi connectivity index (χ1) is 13.5. The number of nitrogens with zero attached hydrogens (tertiary/aromatic N) is 6. The van der Waals surface area contributed by atoms with Gasteiger partial charge in [0.15, 0.2) is 5.69 Å². The van der Waals surface area contributed by atoms with E-state index in [0.29, 0.717) is 18.8 Å². The van der Waals surface area contributed by atoms with E-state index < -0.39 is 0 Å². The van der Waals surface area contributed by atoms with Gasteiger partial charge in [0.05, 0.1) is 17.0 Å². The molecule has 28 heavy (non-hydrogen) atoms. The van der Waals surface area contributed by atoms with Crippen LogP contribution in [0.2, 0.25) is 0 Å². The molecule has 1 saturated heterocycles. The summed E-state index contributed by atoms with van der Waals surface area (Å²) in [5.41, 5.74) is 4.00. The molecule has 0 radical (unpaired) electrons. The summed E-state index contributed by atoms with van der Waals surface area (Å²) in [4.78, 5) is 23.7. The first-order valence-corrected chi connectivity index (χ1v) is 9.38. The van der Waals surface area contributed by atoms with Crippen LogP contribution in [-0.4, -0.2) is 49.2 Å². The minimum absolute atomic E-state index is 0.0678. The second-order valence-corrected chi connectivity index (χ2v) is 7.10. The Labute approximate surface area is 163 Å². The smallest absolute Gasteiger partial charge is 0.274 e. The number of rotatable bonds is 3. The van der Waals surface area contributed by atoms with E-state index in [0.717, 1.165) is 47.1 Å². The molecule has 1 aliphatic heterocycles. The van der Waals surface area contributed by atoms with Crippen molar-refractivity contribution >= 4 is 5.91 Å². The summed E-state index contributed by atoms with van der Waals surface area (Å²) < 4.78 is 5.29. The standard InChI is InChI=1S/C20H22N6O2/c1-12-19(13(2)28-25-12)18-11-17(22-14(3)23-18)15-6-9-26(10-7-15)20(27)16-5-4-8-21-24-16/h4-5,8,11,15H,6-7,9-10H2,1-3H3. The van der Waals surface area contributed by atoms with Crippen molar-refractivity contribution in [3.05, 3.63) is 53.1 Å². The zero-order valence-corrected chi connectivity index (χ0v) is 16.2. The number of carbonyl (C=O) groups excluding carboxylic acids is 1. The Morgan fingerprint density at radius 3 is 2.61 bits per heavy atom. The molecule has 3 aromatic rings. The number of aromatic nitrogens is 5. The Balaban J connectivity index is 1.51. The van der Waals surface area contributed by atoms with Crippen molar-refractivity contribution < 1.29 is 9.32 Å². The van der Waals surface area contributed by atoms with Crippen molar-refractivity contribution in [1.29, 1.82) is 0 Å². The maximum absolute atomic E-state index is 12.6. The summed E-state index contributed by atoms with van der Waals surface area (Å²) in [6, 6.07) is 5.46. The van der Waals surface area contributed by atoms with Gasteiger partial charge < -0.3 is 9.42 Å². The maximum Gasteiger partial charge on any atom is 0.274 e. The summed E-state index contributed by atoms with van der Waals surface area (Å²) in [6.07, 6.45) is 3.27. The topological polar surface area (TPSA) is 97.9 Å². The Bertz CT molecular complexity index is 974. The number of aryl methyl sites for hydroxylation is 3. The third-order valence-electron chi connectivity index (χ3n) is 5.14. The minimum atomic E-state index is -0.0678. The van der Waals surface area contributed by atoms with E-state index in [1.54, 1.807) is 18.3 Å². The van der Waals surface area contributed by atoms with Crippen LogP contribution in [0, 0.1) is 20.8 Å². The van der Waals surface area contributed by atoms with Crippen molar-refractivity contribution in [2.24, 2.45) is 0 Å². The van der Waals surface area contributed by atoms with Gasteiger partial charge in [0.25, 0.3) is 5.91 Å². The van der Waals surface area contributed by atoms with Gasteiger partial charge >= 0.3 is 0 Å². The lowest BCUT2D eigenvalue weighted by Crippen LogP contribution is -2.38. The molecule has 3 aromatic heterocycles. The van der Waals surface area contributed by atoms with E-state index in [1.807, 2.05) is 31.7 Å². The second kappa shape index (κ2) is 7.46. The molecule has 144 valence electrons. The Hall–Kier alpha value is -3.16. The fourth-order valence-electron chi connectivity index (χ4n) is 3.73. The Morgan fingerprint density at radius 2 is 1.96 bits per heavy atom. The monoisotopic (exact) mass is 378 g/mol. The highest BCUT2D eigenvalue weighted by Gasteiger charge is 2.27. The van der Waals surface area contributed by atoms with E-state index >= 15 is 0 Å². The molecule has 1 aliphatic rings. The molecule has 0 bridgehead atoms. The highest BCUT2D eigenvalue weighted by molar-refractivity contribution is 5.92. The predicted octanol–water partition coefficient (Wildman–Crippen LogP) is 2.87. The third-order valence-corrected chi connectivity index (χ3v) is 5.14.